The van der Waals surface area contributed by atoms with Crippen molar-refractivity contribution < 1.29 is 19.1 Å². The van der Waals surface area contributed by atoms with Crippen LogP contribution in [-0.4, -0.2) is 89.4 Å². The van der Waals surface area contributed by atoms with E-state index in [1.54, 1.807) is 9.80 Å². The molecule has 0 saturated carbocycles. The SMILES string of the molecule is CC(C)(C)OC(=O)N1CCC(n2cc(C(N)c3cn(C4CCN(C(=O)OC(C)(C)C)CC4)nn3)nn2)CC1. The highest BCUT2D eigenvalue weighted by Crippen LogP contribution is 2.27. The largest absolute Gasteiger partial charge is 0.444 e. The molecule has 4 heterocycles. The molecular weight excluding hydrogens is 490 g/mol. The highest BCUT2D eigenvalue weighted by molar-refractivity contribution is 5.68. The van der Waals surface area contributed by atoms with Gasteiger partial charge in [-0.2, -0.15) is 0 Å². The summed E-state index contributed by atoms with van der Waals surface area (Å²) in [5.74, 6) is 0. The van der Waals surface area contributed by atoms with Gasteiger partial charge in [0.25, 0.3) is 0 Å². The first-order valence-corrected chi connectivity index (χ1v) is 13.3. The van der Waals surface area contributed by atoms with Crippen LogP contribution in [0.25, 0.3) is 0 Å². The van der Waals surface area contributed by atoms with E-state index in [0.717, 1.165) is 25.7 Å². The van der Waals surface area contributed by atoms with Gasteiger partial charge in [0.2, 0.25) is 0 Å². The second-order valence-electron chi connectivity index (χ2n) is 12.1. The molecule has 2 N–H and O–H groups in total. The van der Waals surface area contributed by atoms with Crippen molar-refractivity contribution in [2.24, 2.45) is 5.73 Å². The molecule has 2 saturated heterocycles. The number of hydrogen-bond acceptors (Lipinski definition) is 9. The first-order valence-electron chi connectivity index (χ1n) is 13.3. The fourth-order valence-corrected chi connectivity index (χ4v) is 4.65. The number of nitrogens with zero attached hydrogens (tertiary/aromatic N) is 8. The highest BCUT2D eigenvalue weighted by atomic mass is 16.6. The molecule has 0 atom stereocenters. The molecule has 2 aromatic heterocycles. The summed E-state index contributed by atoms with van der Waals surface area (Å²) >= 11 is 0. The molecule has 2 fully saturated rings. The lowest BCUT2D eigenvalue weighted by Crippen LogP contribution is -2.42. The molecule has 0 unspecified atom stereocenters. The van der Waals surface area contributed by atoms with Crippen molar-refractivity contribution in [2.75, 3.05) is 26.2 Å². The van der Waals surface area contributed by atoms with Crippen LogP contribution in [0.2, 0.25) is 0 Å². The zero-order valence-electron chi connectivity index (χ0n) is 23.3. The molecule has 13 heteroatoms. The maximum atomic E-state index is 12.3. The van der Waals surface area contributed by atoms with Crippen molar-refractivity contribution in [3.05, 3.63) is 23.8 Å². The van der Waals surface area contributed by atoms with E-state index >= 15 is 0 Å². The minimum atomic E-state index is -0.554. The van der Waals surface area contributed by atoms with Gasteiger partial charge in [0.05, 0.1) is 30.5 Å². The molecule has 38 heavy (non-hydrogen) atoms. The smallest absolute Gasteiger partial charge is 0.410 e. The van der Waals surface area contributed by atoms with E-state index in [1.165, 1.54) is 0 Å². The van der Waals surface area contributed by atoms with E-state index in [1.807, 2.05) is 63.3 Å². The van der Waals surface area contributed by atoms with Crippen LogP contribution in [0.3, 0.4) is 0 Å². The van der Waals surface area contributed by atoms with Gasteiger partial charge in [-0.25, -0.2) is 19.0 Å². The molecule has 0 radical (unpaired) electrons. The Balaban J connectivity index is 1.29. The predicted octanol–water partition coefficient (Wildman–Crippen LogP) is 3.06. The van der Waals surface area contributed by atoms with Gasteiger partial charge in [0, 0.05) is 26.2 Å². The Morgan fingerprint density at radius 2 is 1.11 bits per heavy atom. The van der Waals surface area contributed by atoms with Crippen molar-refractivity contribution >= 4 is 12.2 Å². The van der Waals surface area contributed by atoms with Gasteiger partial charge in [-0.1, -0.05) is 10.4 Å². The molecule has 2 amide bonds. The number of aromatic nitrogens is 6. The fraction of sp³-hybridized carbons (Fsp3) is 0.760. The number of piperidine rings is 2. The Morgan fingerprint density at radius 3 is 1.42 bits per heavy atom. The van der Waals surface area contributed by atoms with E-state index < -0.39 is 17.2 Å². The topological polar surface area (TPSA) is 147 Å². The fourth-order valence-electron chi connectivity index (χ4n) is 4.65. The average Bonchev–Trinajstić information content (AvgIpc) is 3.52. The summed E-state index contributed by atoms with van der Waals surface area (Å²) in [5.41, 5.74) is 6.69. The Kier molecular flexibility index (Phi) is 7.96. The van der Waals surface area contributed by atoms with Crippen LogP contribution in [0.4, 0.5) is 9.59 Å². The molecule has 0 aliphatic carbocycles. The lowest BCUT2D eigenvalue weighted by atomic mass is 10.1. The summed E-state index contributed by atoms with van der Waals surface area (Å²) in [5, 5.41) is 17.2. The predicted molar refractivity (Wildman–Crippen MR) is 138 cm³/mol. The van der Waals surface area contributed by atoms with Crippen LogP contribution in [0.1, 0.15) is 96.7 Å². The summed E-state index contributed by atoms with van der Waals surface area (Å²) in [6.07, 6.45) is 6.19. The molecule has 2 aliphatic heterocycles. The molecule has 4 rings (SSSR count). The van der Waals surface area contributed by atoms with Crippen LogP contribution < -0.4 is 5.73 Å². The minimum Gasteiger partial charge on any atom is -0.444 e. The summed E-state index contributed by atoms with van der Waals surface area (Å²) in [7, 11) is 0. The van der Waals surface area contributed by atoms with Crippen LogP contribution in [0.15, 0.2) is 12.4 Å². The Bertz CT molecular complexity index is 1010. The normalized spacial score (nSPS) is 18.2. The first-order chi connectivity index (χ1) is 17.8. The van der Waals surface area contributed by atoms with Crippen molar-refractivity contribution in [2.45, 2.75) is 96.6 Å². The van der Waals surface area contributed by atoms with Gasteiger partial charge in [-0.05, 0) is 67.2 Å². The molecular formula is C25H41N9O4. The van der Waals surface area contributed by atoms with E-state index in [2.05, 4.69) is 20.6 Å². The van der Waals surface area contributed by atoms with Crippen LogP contribution in [0, 0.1) is 0 Å². The summed E-state index contributed by atoms with van der Waals surface area (Å²) in [6.45, 7) is 13.6. The Labute approximate surface area is 223 Å². The third-order valence-corrected chi connectivity index (χ3v) is 6.67. The van der Waals surface area contributed by atoms with Crippen LogP contribution >= 0.6 is 0 Å². The van der Waals surface area contributed by atoms with Crippen LogP contribution in [-0.2, 0) is 9.47 Å². The highest BCUT2D eigenvalue weighted by Gasteiger charge is 2.30. The van der Waals surface area contributed by atoms with E-state index in [4.69, 9.17) is 15.2 Å². The molecule has 2 aromatic rings. The standard InChI is InChI=1S/C25H41N9O4/c1-24(2,3)37-22(35)31-11-7-17(8-12-31)33-15-19(27-29-33)21(26)20-16-34(30-28-20)18-9-13-32(14-10-18)23(36)38-25(4,5)6/h15-18,21H,7-14,26H2,1-6H3. The van der Waals surface area contributed by atoms with Crippen molar-refractivity contribution in [1.82, 2.24) is 39.8 Å². The van der Waals surface area contributed by atoms with E-state index in [9.17, 15) is 9.59 Å². The van der Waals surface area contributed by atoms with Crippen molar-refractivity contribution in [1.29, 1.82) is 0 Å². The number of ether oxygens (including phenoxy) is 2. The van der Waals surface area contributed by atoms with Gasteiger partial charge in [-0.3, -0.25) is 0 Å². The number of amides is 2. The number of carbonyl (C=O) groups is 2. The van der Waals surface area contributed by atoms with Crippen LogP contribution in [0.5, 0.6) is 0 Å². The summed E-state index contributed by atoms with van der Waals surface area (Å²) < 4.78 is 14.6. The monoisotopic (exact) mass is 531 g/mol. The number of rotatable bonds is 4. The Morgan fingerprint density at radius 1 is 0.763 bits per heavy atom. The zero-order chi connectivity index (χ0) is 27.7. The third kappa shape index (κ3) is 7.00. The maximum absolute atomic E-state index is 12.3. The van der Waals surface area contributed by atoms with Crippen molar-refractivity contribution in [3.63, 3.8) is 0 Å². The molecule has 210 valence electrons. The first kappa shape index (κ1) is 27.8. The van der Waals surface area contributed by atoms with Gasteiger partial charge >= 0.3 is 12.2 Å². The zero-order valence-corrected chi connectivity index (χ0v) is 23.3. The minimum absolute atomic E-state index is 0.132. The molecule has 13 nitrogen and oxygen atoms in total. The maximum Gasteiger partial charge on any atom is 0.410 e. The molecule has 0 bridgehead atoms. The lowest BCUT2D eigenvalue weighted by molar-refractivity contribution is 0.0174. The summed E-state index contributed by atoms with van der Waals surface area (Å²) in [6, 6.07) is -0.290. The van der Waals surface area contributed by atoms with Crippen molar-refractivity contribution in [3.8, 4) is 0 Å². The van der Waals surface area contributed by atoms with E-state index in [-0.39, 0.29) is 24.3 Å². The number of hydrogen-bond donors (Lipinski definition) is 1. The third-order valence-electron chi connectivity index (χ3n) is 6.67. The second kappa shape index (κ2) is 10.9. The second-order valence-corrected chi connectivity index (χ2v) is 12.1. The Hall–Kier alpha value is -3.22. The number of nitrogens with two attached hydrogens (primary N) is 1. The summed E-state index contributed by atoms with van der Waals surface area (Å²) in [4.78, 5) is 28.1. The molecule has 0 spiro atoms. The number of likely N-dealkylation sites (tertiary alicyclic amines) is 2. The number of carbonyl (C=O) groups excluding carboxylic acids is 2. The lowest BCUT2D eigenvalue weighted by Gasteiger charge is -2.33. The van der Waals surface area contributed by atoms with Gasteiger partial charge in [0.15, 0.2) is 0 Å². The van der Waals surface area contributed by atoms with Gasteiger partial charge in [0.1, 0.15) is 22.6 Å². The van der Waals surface area contributed by atoms with E-state index in [0.29, 0.717) is 37.6 Å². The molecule has 0 aromatic carbocycles. The van der Waals surface area contributed by atoms with Gasteiger partial charge < -0.3 is 25.0 Å². The van der Waals surface area contributed by atoms with Gasteiger partial charge in [-0.15, -0.1) is 10.2 Å². The quantitative estimate of drug-likeness (QED) is 0.628. The average molecular weight is 532 g/mol. The molecule has 2 aliphatic rings.